The van der Waals surface area contributed by atoms with Crippen molar-refractivity contribution in [3.05, 3.63) is 35.9 Å². The Morgan fingerprint density at radius 2 is 1.60 bits per heavy atom. The summed E-state index contributed by atoms with van der Waals surface area (Å²) >= 11 is 0. The average molecular weight is 275 g/mol. The van der Waals surface area contributed by atoms with E-state index in [1.54, 1.807) is 0 Å². The molecule has 0 saturated carbocycles. The van der Waals surface area contributed by atoms with Gasteiger partial charge in [0.1, 0.15) is 0 Å². The van der Waals surface area contributed by atoms with Crippen LogP contribution in [0.2, 0.25) is 0 Å². The van der Waals surface area contributed by atoms with Crippen molar-refractivity contribution in [1.82, 2.24) is 5.32 Å². The first-order valence-electron chi connectivity index (χ1n) is 7.80. The maximum atomic E-state index is 12.4. The molecular formula is C18H29NO. The highest BCUT2D eigenvalue weighted by Crippen LogP contribution is 2.22. The van der Waals surface area contributed by atoms with Crippen molar-refractivity contribution in [3.8, 4) is 0 Å². The first-order valence-corrected chi connectivity index (χ1v) is 7.80. The van der Waals surface area contributed by atoms with Crippen LogP contribution in [-0.4, -0.2) is 12.5 Å². The van der Waals surface area contributed by atoms with Crippen LogP contribution in [0.1, 0.15) is 52.5 Å². The van der Waals surface area contributed by atoms with Gasteiger partial charge in [-0.2, -0.15) is 0 Å². The minimum atomic E-state index is -0.0313. The van der Waals surface area contributed by atoms with Gasteiger partial charge in [0.25, 0.3) is 0 Å². The first kappa shape index (κ1) is 16.7. The van der Waals surface area contributed by atoms with Gasteiger partial charge in [0.15, 0.2) is 0 Å². The molecule has 0 spiro atoms. The molecule has 20 heavy (non-hydrogen) atoms. The largest absolute Gasteiger partial charge is 0.355 e. The Labute approximate surface area is 124 Å². The maximum Gasteiger partial charge on any atom is 0.227 e. The first-order chi connectivity index (χ1) is 9.47. The lowest BCUT2D eigenvalue weighted by Crippen LogP contribution is -2.36. The van der Waals surface area contributed by atoms with Crippen molar-refractivity contribution < 1.29 is 4.79 Å². The van der Waals surface area contributed by atoms with Crippen LogP contribution >= 0.6 is 0 Å². The number of hydrogen-bond acceptors (Lipinski definition) is 1. The second-order valence-corrected chi connectivity index (χ2v) is 6.27. The van der Waals surface area contributed by atoms with Gasteiger partial charge in [-0.15, -0.1) is 0 Å². The summed E-state index contributed by atoms with van der Waals surface area (Å²) in [5, 5.41) is 3.16. The molecule has 0 radical (unpaired) electrons. The van der Waals surface area contributed by atoms with Gasteiger partial charge in [-0.25, -0.2) is 0 Å². The summed E-state index contributed by atoms with van der Waals surface area (Å²) in [6, 6.07) is 10.1. The molecule has 1 amide bonds. The number of carbonyl (C=O) groups excluding carboxylic acids is 1. The van der Waals surface area contributed by atoms with Crippen LogP contribution in [-0.2, 0) is 4.79 Å². The fraction of sp³-hybridized carbons (Fsp3) is 0.611. The van der Waals surface area contributed by atoms with Gasteiger partial charge in [0.05, 0.1) is 5.92 Å². The average Bonchev–Trinajstić information content (AvgIpc) is 2.40. The van der Waals surface area contributed by atoms with Crippen molar-refractivity contribution in [2.75, 3.05) is 6.54 Å². The van der Waals surface area contributed by atoms with E-state index in [-0.39, 0.29) is 11.8 Å². The smallest absolute Gasteiger partial charge is 0.227 e. The van der Waals surface area contributed by atoms with Crippen molar-refractivity contribution in [1.29, 1.82) is 0 Å². The molecule has 2 nitrogen and oxygen atoms in total. The Morgan fingerprint density at radius 1 is 1.05 bits per heavy atom. The standard InChI is InChI=1S/C18H29NO/c1-6-16(15-10-8-7-9-11-15)18(20)19-12-17(13(2)3)14(4)5/h7-11,13-14,16-17H,6,12H2,1-5H3,(H,19,20). The van der Waals surface area contributed by atoms with Crippen LogP contribution in [0, 0.1) is 17.8 Å². The molecule has 1 aromatic rings. The summed E-state index contributed by atoms with van der Waals surface area (Å²) in [4.78, 5) is 12.4. The van der Waals surface area contributed by atoms with Crippen LogP contribution < -0.4 is 5.32 Å². The molecule has 0 aromatic heterocycles. The summed E-state index contributed by atoms with van der Waals surface area (Å²) in [5.74, 6) is 1.84. The van der Waals surface area contributed by atoms with Crippen LogP contribution in [0.3, 0.4) is 0 Å². The second kappa shape index (κ2) is 8.08. The zero-order valence-electron chi connectivity index (χ0n) is 13.5. The van der Waals surface area contributed by atoms with E-state index in [4.69, 9.17) is 0 Å². The van der Waals surface area contributed by atoms with Gasteiger partial charge in [-0.3, -0.25) is 4.79 Å². The fourth-order valence-corrected chi connectivity index (χ4v) is 2.84. The van der Waals surface area contributed by atoms with E-state index < -0.39 is 0 Å². The highest BCUT2D eigenvalue weighted by Gasteiger charge is 2.22. The quantitative estimate of drug-likeness (QED) is 0.793. The van der Waals surface area contributed by atoms with Gasteiger partial charge in [0.2, 0.25) is 5.91 Å². The lowest BCUT2D eigenvalue weighted by atomic mass is 9.85. The van der Waals surface area contributed by atoms with Crippen molar-refractivity contribution in [2.45, 2.75) is 47.0 Å². The molecule has 0 bridgehead atoms. The zero-order chi connectivity index (χ0) is 15.1. The Morgan fingerprint density at radius 3 is 2.05 bits per heavy atom. The van der Waals surface area contributed by atoms with Crippen LogP contribution in [0.25, 0.3) is 0 Å². The van der Waals surface area contributed by atoms with E-state index in [1.807, 2.05) is 30.3 Å². The normalized spacial score (nSPS) is 13.0. The molecule has 0 heterocycles. The number of amides is 1. The van der Waals surface area contributed by atoms with Crippen molar-refractivity contribution in [2.24, 2.45) is 17.8 Å². The molecule has 1 unspecified atom stereocenters. The van der Waals surface area contributed by atoms with Gasteiger partial charge in [0, 0.05) is 6.54 Å². The molecule has 1 aromatic carbocycles. The predicted octanol–water partition coefficient (Wildman–Crippen LogP) is 4.22. The topological polar surface area (TPSA) is 29.1 Å². The van der Waals surface area contributed by atoms with Gasteiger partial charge in [-0.05, 0) is 29.7 Å². The van der Waals surface area contributed by atoms with E-state index in [0.717, 1.165) is 18.5 Å². The van der Waals surface area contributed by atoms with E-state index in [1.165, 1.54) is 0 Å². The summed E-state index contributed by atoms with van der Waals surface area (Å²) < 4.78 is 0. The molecule has 0 fully saturated rings. The summed E-state index contributed by atoms with van der Waals surface area (Å²) in [5.41, 5.74) is 1.11. The fourth-order valence-electron chi connectivity index (χ4n) is 2.84. The monoisotopic (exact) mass is 275 g/mol. The Balaban J connectivity index is 2.65. The number of nitrogens with one attached hydrogen (secondary N) is 1. The lowest BCUT2D eigenvalue weighted by molar-refractivity contribution is -0.123. The van der Waals surface area contributed by atoms with Gasteiger partial charge >= 0.3 is 0 Å². The number of benzene rings is 1. The minimum Gasteiger partial charge on any atom is -0.355 e. The van der Waals surface area contributed by atoms with Crippen LogP contribution in [0.4, 0.5) is 0 Å². The molecule has 2 heteroatoms. The SMILES string of the molecule is CCC(C(=O)NCC(C(C)C)C(C)C)c1ccccc1. The van der Waals surface area contributed by atoms with E-state index in [0.29, 0.717) is 17.8 Å². The number of hydrogen-bond donors (Lipinski definition) is 1. The highest BCUT2D eigenvalue weighted by molar-refractivity contribution is 5.83. The van der Waals surface area contributed by atoms with Crippen LogP contribution in [0.5, 0.6) is 0 Å². The molecule has 0 saturated heterocycles. The lowest BCUT2D eigenvalue weighted by Gasteiger charge is -2.26. The Hall–Kier alpha value is -1.31. The predicted molar refractivity (Wildman–Crippen MR) is 85.6 cm³/mol. The molecular weight excluding hydrogens is 246 g/mol. The van der Waals surface area contributed by atoms with Gasteiger partial charge in [-0.1, -0.05) is 65.0 Å². The van der Waals surface area contributed by atoms with E-state index >= 15 is 0 Å². The second-order valence-electron chi connectivity index (χ2n) is 6.27. The van der Waals surface area contributed by atoms with E-state index in [2.05, 4.69) is 39.9 Å². The van der Waals surface area contributed by atoms with Crippen LogP contribution in [0.15, 0.2) is 30.3 Å². The van der Waals surface area contributed by atoms with E-state index in [9.17, 15) is 4.79 Å². The molecule has 1 N–H and O–H groups in total. The third kappa shape index (κ3) is 4.66. The molecule has 0 aliphatic heterocycles. The molecule has 1 atom stereocenters. The summed E-state index contributed by atoms with van der Waals surface area (Å²) in [6.07, 6.45) is 0.837. The Kier molecular flexibility index (Phi) is 6.77. The number of rotatable bonds is 7. The van der Waals surface area contributed by atoms with Crippen molar-refractivity contribution >= 4 is 5.91 Å². The molecule has 0 aliphatic carbocycles. The molecule has 0 aliphatic rings. The molecule has 112 valence electrons. The number of carbonyl (C=O) groups is 1. The Bertz CT molecular complexity index is 389. The minimum absolute atomic E-state index is 0.0313. The summed E-state index contributed by atoms with van der Waals surface area (Å²) in [6.45, 7) is 11.8. The maximum absolute atomic E-state index is 12.4. The highest BCUT2D eigenvalue weighted by atomic mass is 16.1. The van der Waals surface area contributed by atoms with Gasteiger partial charge < -0.3 is 5.32 Å². The zero-order valence-corrected chi connectivity index (χ0v) is 13.5. The molecule has 1 rings (SSSR count). The third-order valence-corrected chi connectivity index (χ3v) is 4.15. The summed E-state index contributed by atoms with van der Waals surface area (Å²) in [7, 11) is 0. The third-order valence-electron chi connectivity index (χ3n) is 4.15. The van der Waals surface area contributed by atoms with Crippen molar-refractivity contribution in [3.63, 3.8) is 0 Å².